The summed E-state index contributed by atoms with van der Waals surface area (Å²) in [6.07, 6.45) is 4.01. The molecular formula is C10H7F3O. The van der Waals surface area contributed by atoms with Crippen molar-refractivity contribution in [3.63, 3.8) is 0 Å². The summed E-state index contributed by atoms with van der Waals surface area (Å²) in [5, 5.41) is 0. The summed E-state index contributed by atoms with van der Waals surface area (Å²) in [5.74, 6) is -1.27. The molecule has 0 spiro atoms. The molecule has 0 amide bonds. The first-order valence-corrected chi connectivity index (χ1v) is 4.08. The molecule has 1 unspecified atom stereocenters. The number of rotatable bonds is 0. The Morgan fingerprint density at radius 1 is 1.14 bits per heavy atom. The van der Waals surface area contributed by atoms with Gasteiger partial charge in [-0.3, -0.25) is 0 Å². The number of hydrogen-bond acceptors (Lipinski definition) is 1. The van der Waals surface area contributed by atoms with Crippen LogP contribution in [0, 0.1) is 5.92 Å². The molecule has 2 aliphatic rings. The van der Waals surface area contributed by atoms with E-state index in [4.69, 9.17) is 4.74 Å². The van der Waals surface area contributed by atoms with Crippen molar-refractivity contribution in [2.45, 2.75) is 6.18 Å². The average Bonchev–Trinajstić information content (AvgIpc) is 2.15. The molecule has 0 bridgehead atoms. The lowest BCUT2D eigenvalue weighted by Gasteiger charge is -2.25. The quantitative estimate of drug-likeness (QED) is 0.583. The van der Waals surface area contributed by atoms with Crippen LogP contribution >= 0.6 is 0 Å². The van der Waals surface area contributed by atoms with Gasteiger partial charge in [-0.15, -0.1) is 0 Å². The van der Waals surface area contributed by atoms with Crippen molar-refractivity contribution in [2.75, 3.05) is 0 Å². The topological polar surface area (TPSA) is 9.23 Å². The first-order chi connectivity index (χ1) is 6.59. The van der Waals surface area contributed by atoms with Gasteiger partial charge in [-0.25, -0.2) is 0 Å². The monoisotopic (exact) mass is 200 g/mol. The van der Waals surface area contributed by atoms with Gasteiger partial charge >= 0.3 is 6.18 Å². The Morgan fingerprint density at radius 3 is 2.64 bits per heavy atom. The molecule has 2 rings (SSSR count). The van der Waals surface area contributed by atoms with Crippen LogP contribution in [0.4, 0.5) is 13.2 Å². The van der Waals surface area contributed by atoms with Crippen LogP contribution in [0.3, 0.4) is 0 Å². The molecule has 1 aliphatic carbocycles. The van der Waals surface area contributed by atoms with E-state index in [-0.39, 0.29) is 11.3 Å². The van der Waals surface area contributed by atoms with Crippen LogP contribution in [0.5, 0.6) is 0 Å². The van der Waals surface area contributed by atoms with E-state index in [1.165, 1.54) is 30.6 Å². The number of halogens is 3. The van der Waals surface area contributed by atoms with Crippen LogP contribution in [-0.2, 0) is 4.74 Å². The molecule has 1 heterocycles. The molecule has 0 aromatic carbocycles. The van der Waals surface area contributed by atoms with E-state index >= 15 is 0 Å². The van der Waals surface area contributed by atoms with Gasteiger partial charge in [0.05, 0.1) is 6.26 Å². The van der Waals surface area contributed by atoms with Crippen molar-refractivity contribution in [1.29, 1.82) is 0 Å². The van der Waals surface area contributed by atoms with Crippen LogP contribution in [0.2, 0.25) is 0 Å². The van der Waals surface area contributed by atoms with Crippen molar-refractivity contribution in [1.82, 2.24) is 0 Å². The van der Waals surface area contributed by atoms with E-state index in [2.05, 4.69) is 0 Å². The predicted octanol–water partition coefficient (Wildman–Crippen LogP) is 3.09. The minimum atomic E-state index is -4.25. The number of allylic oxidation sites excluding steroid dienone is 6. The van der Waals surface area contributed by atoms with Crippen LogP contribution in [0.15, 0.2) is 48.0 Å². The van der Waals surface area contributed by atoms with E-state index in [0.29, 0.717) is 0 Å². The van der Waals surface area contributed by atoms with Crippen molar-refractivity contribution in [2.24, 2.45) is 5.92 Å². The van der Waals surface area contributed by atoms with E-state index in [9.17, 15) is 13.2 Å². The zero-order chi connectivity index (χ0) is 10.2. The fourth-order valence-corrected chi connectivity index (χ4v) is 1.44. The maximum atomic E-state index is 12.5. The fraction of sp³-hybridized carbons (Fsp3) is 0.200. The second kappa shape index (κ2) is 3.04. The lowest BCUT2D eigenvalue weighted by atomic mass is 9.91. The molecule has 0 aromatic rings. The highest BCUT2D eigenvalue weighted by Gasteiger charge is 2.42. The van der Waals surface area contributed by atoms with Gasteiger partial charge in [0.15, 0.2) is 0 Å². The second-order valence-corrected chi connectivity index (χ2v) is 3.00. The summed E-state index contributed by atoms with van der Waals surface area (Å²) in [5.41, 5.74) is 0.169. The summed E-state index contributed by atoms with van der Waals surface area (Å²) in [7, 11) is 0. The molecular weight excluding hydrogens is 193 g/mol. The molecule has 0 aromatic heterocycles. The van der Waals surface area contributed by atoms with Crippen LogP contribution in [0.1, 0.15) is 0 Å². The summed E-state index contributed by atoms with van der Waals surface area (Å²) < 4.78 is 42.5. The number of fused-ring (bicyclic) bond motifs is 1. The van der Waals surface area contributed by atoms with Gasteiger partial charge in [0.25, 0.3) is 0 Å². The molecule has 1 nitrogen and oxygen atoms in total. The molecule has 74 valence electrons. The van der Waals surface area contributed by atoms with Crippen LogP contribution < -0.4 is 0 Å². The zero-order valence-corrected chi connectivity index (χ0v) is 7.08. The lowest BCUT2D eigenvalue weighted by molar-refractivity contribution is -0.152. The predicted molar refractivity (Wildman–Crippen MR) is 45.1 cm³/mol. The third kappa shape index (κ3) is 1.47. The fourth-order valence-electron chi connectivity index (χ4n) is 1.44. The Balaban J connectivity index is 2.38. The van der Waals surface area contributed by atoms with Gasteiger partial charge in [0.1, 0.15) is 11.7 Å². The van der Waals surface area contributed by atoms with E-state index in [1.54, 1.807) is 0 Å². The molecule has 1 atom stereocenters. The van der Waals surface area contributed by atoms with Gasteiger partial charge in [0.2, 0.25) is 0 Å². The van der Waals surface area contributed by atoms with Crippen molar-refractivity contribution < 1.29 is 17.9 Å². The van der Waals surface area contributed by atoms with Crippen molar-refractivity contribution in [3.05, 3.63) is 48.0 Å². The maximum absolute atomic E-state index is 12.5. The Kier molecular flexibility index (Phi) is 1.98. The van der Waals surface area contributed by atoms with E-state index < -0.39 is 12.1 Å². The van der Waals surface area contributed by atoms with Crippen molar-refractivity contribution >= 4 is 0 Å². The highest BCUT2D eigenvalue weighted by Crippen LogP contribution is 2.39. The standard InChI is InChI=1S/C10H7F3O/c11-10(12,13)8-4-1-5-9-7(8)3-2-6-14-9/h1-6,8H. The maximum Gasteiger partial charge on any atom is 0.399 e. The zero-order valence-electron chi connectivity index (χ0n) is 7.08. The third-order valence-corrected chi connectivity index (χ3v) is 2.07. The summed E-state index contributed by atoms with van der Waals surface area (Å²) in [6, 6.07) is 0. The normalized spacial score (nSPS) is 24.9. The highest BCUT2D eigenvalue weighted by molar-refractivity contribution is 5.43. The molecule has 0 saturated heterocycles. The first kappa shape index (κ1) is 9.12. The smallest absolute Gasteiger partial charge is 0.399 e. The lowest BCUT2D eigenvalue weighted by Crippen LogP contribution is -2.25. The van der Waals surface area contributed by atoms with Gasteiger partial charge in [-0.1, -0.05) is 18.2 Å². The first-order valence-electron chi connectivity index (χ1n) is 4.08. The molecule has 0 saturated carbocycles. The van der Waals surface area contributed by atoms with E-state index in [1.807, 2.05) is 0 Å². The molecule has 0 radical (unpaired) electrons. The number of alkyl halides is 3. The largest absolute Gasteiger partial charge is 0.465 e. The number of ether oxygens (including phenoxy) is 1. The van der Waals surface area contributed by atoms with E-state index in [0.717, 1.165) is 6.08 Å². The SMILES string of the molecule is FC(F)(F)C1C=CC=C2OC=CC=C21. The minimum Gasteiger partial charge on any atom is -0.465 e. The van der Waals surface area contributed by atoms with Gasteiger partial charge in [-0.05, 0) is 12.2 Å². The molecule has 14 heavy (non-hydrogen) atoms. The Bertz CT molecular complexity index is 358. The molecule has 1 aliphatic heterocycles. The van der Waals surface area contributed by atoms with Crippen molar-refractivity contribution in [3.8, 4) is 0 Å². The van der Waals surface area contributed by atoms with Gasteiger partial charge in [0, 0.05) is 5.57 Å². The summed E-state index contributed by atoms with van der Waals surface area (Å²) in [4.78, 5) is 0. The Hall–Kier alpha value is -1.45. The van der Waals surface area contributed by atoms with Gasteiger partial charge in [-0.2, -0.15) is 13.2 Å². The summed E-state index contributed by atoms with van der Waals surface area (Å²) in [6.45, 7) is 0. The number of hydrogen-bond donors (Lipinski definition) is 0. The second-order valence-electron chi connectivity index (χ2n) is 3.00. The molecule has 0 fully saturated rings. The van der Waals surface area contributed by atoms with Gasteiger partial charge < -0.3 is 4.74 Å². The third-order valence-electron chi connectivity index (χ3n) is 2.07. The Labute approximate surface area is 78.9 Å². The minimum absolute atomic E-state index is 0.169. The van der Waals surface area contributed by atoms with Crippen LogP contribution in [0.25, 0.3) is 0 Å². The molecule has 0 N–H and O–H groups in total. The Morgan fingerprint density at radius 2 is 1.93 bits per heavy atom. The molecule has 4 heteroatoms. The highest BCUT2D eigenvalue weighted by atomic mass is 19.4. The average molecular weight is 200 g/mol. The van der Waals surface area contributed by atoms with Crippen LogP contribution in [-0.4, -0.2) is 6.18 Å². The summed E-state index contributed by atoms with van der Waals surface area (Å²) >= 11 is 0.